The second-order valence-electron chi connectivity index (χ2n) is 8.18. The van der Waals surface area contributed by atoms with Gasteiger partial charge in [-0.25, -0.2) is 0 Å². The van der Waals surface area contributed by atoms with E-state index in [0.717, 1.165) is 17.8 Å². The number of piperidine rings is 3. The average molecular weight is 308 g/mol. The summed E-state index contributed by atoms with van der Waals surface area (Å²) in [6.45, 7) is 13.0. The monoisotopic (exact) mass is 307 g/mol. The Hall–Kier alpha value is -0.120. The summed E-state index contributed by atoms with van der Waals surface area (Å²) in [6.07, 6.45) is 8.73. The van der Waals surface area contributed by atoms with Crippen molar-refractivity contribution in [3.05, 3.63) is 0 Å². The van der Waals surface area contributed by atoms with Crippen molar-refractivity contribution in [2.45, 2.75) is 45.4 Å². The van der Waals surface area contributed by atoms with Gasteiger partial charge in [0.05, 0.1) is 0 Å². The Bertz CT molecular complexity index is 317. The molecule has 0 saturated carbocycles. The number of hydrogen-bond donors (Lipinski definition) is 0. The van der Waals surface area contributed by atoms with E-state index in [-0.39, 0.29) is 0 Å². The van der Waals surface area contributed by atoms with Gasteiger partial charge in [0.25, 0.3) is 0 Å². The van der Waals surface area contributed by atoms with E-state index in [1.165, 1.54) is 90.9 Å². The van der Waals surface area contributed by atoms with Crippen LogP contribution >= 0.6 is 0 Å². The molecule has 1 atom stereocenters. The lowest BCUT2D eigenvalue weighted by Gasteiger charge is -2.41. The molecule has 1 unspecified atom stereocenters. The van der Waals surface area contributed by atoms with Crippen LogP contribution in [0.1, 0.15) is 45.4 Å². The van der Waals surface area contributed by atoms with Crippen LogP contribution < -0.4 is 0 Å². The summed E-state index contributed by atoms with van der Waals surface area (Å²) in [7, 11) is 2.28. The predicted octanol–water partition coefficient (Wildman–Crippen LogP) is 2.77. The Morgan fingerprint density at radius 2 is 1.41 bits per heavy atom. The summed E-state index contributed by atoms with van der Waals surface area (Å²) >= 11 is 0. The fourth-order valence-electron chi connectivity index (χ4n) is 5.06. The number of rotatable bonds is 4. The molecular formula is C19H37N3. The lowest BCUT2D eigenvalue weighted by atomic mass is 9.78. The molecule has 3 fully saturated rings. The Kier molecular flexibility index (Phi) is 6.17. The van der Waals surface area contributed by atoms with Crippen molar-refractivity contribution in [1.82, 2.24) is 14.7 Å². The van der Waals surface area contributed by atoms with Gasteiger partial charge >= 0.3 is 0 Å². The molecule has 22 heavy (non-hydrogen) atoms. The standard InChI is InChI=1S/C19H37N3/c1-3-21-10-4-5-17(15-21)16-22-13-8-19(9-14-22)18-6-11-20(2)12-7-18/h17-19H,3-16H2,1-2H3. The first-order valence-corrected chi connectivity index (χ1v) is 9.88. The molecule has 3 rings (SSSR count). The summed E-state index contributed by atoms with van der Waals surface area (Å²) in [5.74, 6) is 3.00. The largest absolute Gasteiger partial charge is 0.306 e. The molecule has 3 saturated heterocycles. The Morgan fingerprint density at radius 3 is 2.05 bits per heavy atom. The molecule has 0 aromatic heterocycles. The summed E-state index contributed by atoms with van der Waals surface area (Å²) in [4.78, 5) is 7.95. The van der Waals surface area contributed by atoms with E-state index >= 15 is 0 Å². The first kappa shape index (κ1) is 16.7. The van der Waals surface area contributed by atoms with Crippen molar-refractivity contribution < 1.29 is 0 Å². The van der Waals surface area contributed by atoms with Crippen molar-refractivity contribution >= 4 is 0 Å². The van der Waals surface area contributed by atoms with Gasteiger partial charge in [-0.15, -0.1) is 0 Å². The fraction of sp³-hybridized carbons (Fsp3) is 1.00. The van der Waals surface area contributed by atoms with Gasteiger partial charge in [-0.2, -0.15) is 0 Å². The third-order valence-electron chi connectivity index (χ3n) is 6.63. The maximum absolute atomic E-state index is 2.79. The molecule has 128 valence electrons. The van der Waals surface area contributed by atoms with E-state index in [1.54, 1.807) is 0 Å². The summed E-state index contributed by atoms with van der Waals surface area (Å²) in [6, 6.07) is 0. The van der Waals surface area contributed by atoms with Crippen molar-refractivity contribution in [2.24, 2.45) is 17.8 Å². The van der Waals surface area contributed by atoms with Crippen molar-refractivity contribution in [3.8, 4) is 0 Å². The maximum Gasteiger partial charge on any atom is 0.00219 e. The van der Waals surface area contributed by atoms with E-state index in [1.807, 2.05) is 0 Å². The zero-order valence-electron chi connectivity index (χ0n) is 15.0. The maximum atomic E-state index is 2.79. The van der Waals surface area contributed by atoms with Gasteiger partial charge in [-0.1, -0.05) is 6.92 Å². The van der Waals surface area contributed by atoms with Crippen LogP contribution in [0, 0.1) is 17.8 Å². The molecule has 3 heterocycles. The smallest absolute Gasteiger partial charge is 0.00219 e. The van der Waals surface area contributed by atoms with Crippen LogP contribution in [-0.2, 0) is 0 Å². The number of nitrogens with zero attached hydrogens (tertiary/aromatic N) is 3. The van der Waals surface area contributed by atoms with Gasteiger partial charge < -0.3 is 14.7 Å². The molecule has 0 radical (unpaired) electrons. The molecule has 0 bridgehead atoms. The van der Waals surface area contributed by atoms with E-state index in [2.05, 4.69) is 28.7 Å². The highest BCUT2D eigenvalue weighted by Gasteiger charge is 2.30. The minimum Gasteiger partial charge on any atom is -0.306 e. The summed E-state index contributed by atoms with van der Waals surface area (Å²) in [5.41, 5.74) is 0. The van der Waals surface area contributed by atoms with Crippen LogP contribution in [0.5, 0.6) is 0 Å². The molecular weight excluding hydrogens is 270 g/mol. The minimum atomic E-state index is 0.939. The van der Waals surface area contributed by atoms with Crippen LogP contribution in [0.25, 0.3) is 0 Å². The van der Waals surface area contributed by atoms with Gasteiger partial charge in [-0.05, 0) is 103 Å². The third-order valence-corrected chi connectivity index (χ3v) is 6.63. The van der Waals surface area contributed by atoms with E-state index in [9.17, 15) is 0 Å². The van der Waals surface area contributed by atoms with E-state index in [0.29, 0.717) is 0 Å². The summed E-state index contributed by atoms with van der Waals surface area (Å²) < 4.78 is 0. The SMILES string of the molecule is CCN1CCCC(CN2CCC(C3CCN(C)CC3)CC2)C1. The first-order valence-electron chi connectivity index (χ1n) is 9.88. The number of hydrogen-bond acceptors (Lipinski definition) is 3. The van der Waals surface area contributed by atoms with Gasteiger partial charge in [0, 0.05) is 13.1 Å². The van der Waals surface area contributed by atoms with Crippen molar-refractivity contribution in [1.29, 1.82) is 0 Å². The molecule has 0 aromatic carbocycles. The Balaban J connectivity index is 1.38. The lowest BCUT2D eigenvalue weighted by molar-refractivity contribution is 0.0811. The molecule has 0 aromatic rings. The second-order valence-corrected chi connectivity index (χ2v) is 8.18. The molecule has 0 aliphatic carbocycles. The molecule has 3 aliphatic rings. The Labute approximate surface area is 138 Å². The average Bonchev–Trinajstić information content (AvgIpc) is 2.57. The van der Waals surface area contributed by atoms with Gasteiger partial charge in [0.2, 0.25) is 0 Å². The number of likely N-dealkylation sites (tertiary alicyclic amines) is 3. The normalized spacial score (nSPS) is 31.6. The van der Waals surface area contributed by atoms with Gasteiger partial charge in [0.1, 0.15) is 0 Å². The fourth-order valence-corrected chi connectivity index (χ4v) is 5.06. The quantitative estimate of drug-likeness (QED) is 0.791. The van der Waals surface area contributed by atoms with Gasteiger partial charge in [0.15, 0.2) is 0 Å². The topological polar surface area (TPSA) is 9.72 Å². The second kappa shape index (κ2) is 8.12. The van der Waals surface area contributed by atoms with E-state index < -0.39 is 0 Å². The van der Waals surface area contributed by atoms with Crippen LogP contribution in [0.4, 0.5) is 0 Å². The van der Waals surface area contributed by atoms with Crippen LogP contribution in [0.15, 0.2) is 0 Å². The molecule has 3 nitrogen and oxygen atoms in total. The van der Waals surface area contributed by atoms with E-state index in [4.69, 9.17) is 0 Å². The first-order chi connectivity index (χ1) is 10.7. The zero-order valence-corrected chi connectivity index (χ0v) is 15.0. The minimum absolute atomic E-state index is 0.939. The molecule has 3 aliphatic heterocycles. The highest BCUT2D eigenvalue weighted by Crippen LogP contribution is 2.32. The highest BCUT2D eigenvalue weighted by atomic mass is 15.2. The van der Waals surface area contributed by atoms with Crippen molar-refractivity contribution in [3.63, 3.8) is 0 Å². The highest BCUT2D eigenvalue weighted by molar-refractivity contribution is 4.83. The van der Waals surface area contributed by atoms with Crippen molar-refractivity contribution in [2.75, 3.05) is 59.4 Å². The lowest BCUT2D eigenvalue weighted by Crippen LogP contribution is -2.44. The molecule has 0 N–H and O–H groups in total. The van der Waals surface area contributed by atoms with Gasteiger partial charge in [-0.3, -0.25) is 0 Å². The summed E-state index contributed by atoms with van der Waals surface area (Å²) in [5, 5.41) is 0. The van der Waals surface area contributed by atoms with Crippen LogP contribution in [0.2, 0.25) is 0 Å². The predicted molar refractivity (Wildman–Crippen MR) is 94.2 cm³/mol. The molecule has 3 heteroatoms. The molecule has 0 spiro atoms. The Morgan fingerprint density at radius 1 is 0.773 bits per heavy atom. The van der Waals surface area contributed by atoms with Crippen LogP contribution in [-0.4, -0.2) is 74.1 Å². The zero-order chi connectivity index (χ0) is 15.4. The third kappa shape index (κ3) is 4.46. The molecule has 0 amide bonds. The van der Waals surface area contributed by atoms with Crippen LogP contribution in [0.3, 0.4) is 0 Å².